The van der Waals surface area contributed by atoms with Crippen LogP contribution in [0.5, 0.6) is 0 Å². The molecule has 0 unspecified atom stereocenters. The molecular weight excluding hydrogens is 352 g/mol. The van der Waals surface area contributed by atoms with E-state index >= 15 is 0 Å². The van der Waals surface area contributed by atoms with E-state index in [-0.39, 0.29) is 12.3 Å². The summed E-state index contributed by atoms with van der Waals surface area (Å²) in [5.74, 6) is -0.605. The number of amides is 1. The molecule has 0 saturated carbocycles. The van der Waals surface area contributed by atoms with Crippen molar-refractivity contribution in [2.75, 3.05) is 22.4 Å². The first-order chi connectivity index (χ1) is 12.1. The molecule has 0 aliphatic heterocycles. The van der Waals surface area contributed by atoms with E-state index in [1.165, 1.54) is 6.92 Å². The first-order valence-corrected chi connectivity index (χ1v) is 9.89. The zero-order valence-electron chi connectivity index (χ0n) is 15.2. The molecule has 0 aromatic heterocycles. The molecule has 138 valence electrons. The maximum Gasteiger partial charge on any atom is 0.245 e. The average molecular weight is 374 g/mol. The summed E-state index contributed by atoms with van der Waals surface area (Å²) in [6, 6.07) is 11.8. The van der Waals surface area contributed by atoms with Gasteiger partial charge in [-0.15, -0.1) is 0 Å². The van der Waals surface area contributed by atoms with Crippen molar-refractivity contribution in [3.8, 4) is 0 Å². The largest absolute Gasteiger partial charge is 0.324 e. The highest BCUT2D eigenvalue weighted by Gasteiger charge is 2.23. The lowest BCUT2D eigenvalue weighted by molar-refractivity contribution is -0.114. The Hall–Kier alpha value is -2.67. The second-order valence-corrected chi connectivity index (χ2v) is 8.08. The normalized spacial score (nSPS) is 11.1. The summed E-state index contributed by atoms with van der Waals surface area (Å²) in [6.07, 6.45) is 1.07. The number of carbonyl (C=O) groups is 2. The number of hydrogen-bond donors (Lipinski definition) is 1. The predicted octanol–water partition coefficient (Wildman–Crippen LogP) is 2.91. The van der Waals surface area contributed by atoms with Crippen LogP contribution >= 0.6 is 0 Å². The van der Waals surface area contributed by atoms with Crippen LogP contribution < -0.4 is 9.62 Å². The highest BCUT2D eigenvalue weighted by molar-refractivity contribution is 7.92. The van der Waals surface area contributed by atoms with E-state index in [1.807, 2.05) is 19.9 Å². The molecule has 1 amide bonds. The molecule has 0 bridgehead atoms. The van der Waals surface area contributed by atoms with Gasteiger partial charge in [-0.3, -0.25) is 13.9 Å². The Bertz CT molecular complexity index is 952. The fourth-order valence-electron chi connectivity index (χ4n) is 2.53. The fourth-order valence-corrected chi connectivity index (χ4v) is 3.44. The van der Waals surface area contributed by atoms with Gasteiger partial charge in [0.1, 0.15) is 6.54 Å². The summed E-state index contributed by atoms with van der Waals surface area (Å²) >= 11 is 0. The third-order valence-electron chi connectivity index (χ3n) is 4.09. The number of nitrogens with one attached hydrogen (secondary N) is 1. The zero-order chi connectivity index (χ0) is 19.5. The van der Waals surface area contributed by atoms with E-state index in [9.17, 15) is 18.0 Å². The first kappa shape index (κ1) is 19.7. The molecule has 2 aromatic rings. The summed E-state index contributed by atoms with van der Waals surface area (Å²) in [7, 11) is -3.65. The smallest absolute Gasteiger partial charge is 0.245 e. The third-order valence-corrected chi connectivity index (χ3v) is 5.21. The van der Waals surface area contributed by atoms with Gasteiger partial charge in [0.05, 0.1) is 11.9 Å². The van der Waals surface area contributed by atoms with Crippen LogP contribution in [0.3, 0.4) is 0 Å². The number of hydrogen-bond acceptors (Lipinski definition) is 4. The van der Waals surface area contributed by atoms with Gasteiger partial charge in [-0.05, 0) is 50.1 Å². The number of aryl methyl sites for hydroxylation is 1. The van der Waals surface area contributed by atoms with Crippen molar-refractivity contribution in [3.63, 3.8) is 0 Å². The molecule has 26 heavy (non-hydrogen) atoms. The lowest BCUT2D eigenvalue weighted by atomic mass is 10.1. The lowest BCUT2D eigenvalue weighted by Crippen LogP contribution is -2.38. The third kappa shape index (κ3) is 4.70. The number of sulfonamides is 1. The molecule has 1 N–H and O–H groups in total. The molecule has 0 fully saturated rings. The van der Waals surface area contributed by atoms with Crippen LogP contribution in [0.2, 0.25) is 0 Å². The van der Waals surface area contributed by atoms with Gasteiger partial charge < -0.3 is 5.32 Å². The van der Waals surface area contributed by atoms with Crippen LogP contribution in [0, 0.1) is 13.8 Å². The maximum absolute atomic E-state index is 12.4. The molecule has 0 aliphatic rings. The van der Waals surface area contributed by atoms with Gasteiger partial charge in [-0.25, -0.2) is 8.42 Å². The predicted molar refractivity (Wildman–Crippen MR) is 103 cm³/mol. The molecule has 6 nitrogen and oxygen atoms in total. The van der Waals surface area contributed by atoms with E-state index in [4.69, 9.17) is 0 Å². The minimum Gasteiger partial charge on any atom is -0.324 e. The zero-order valence-corrected chi connectivity index (χ0v) is 16.1. The Labute approximate surface area is 153 Å². The highest BCUT2D eigenvalue weighted by Crippen LogP contribution is 2.25. The van der Waals surface area contributed by atoms with Gasteiger partial charge in [-0.2, -0.15) is 0 Å². The van der Waals surface area contributed by atoms with E-state index in [0.29, 0.717) is 16.9 Å². The molecule has 0 saturated heterocycles. The van der Waals surface area contributed by atoms with E-state index in [2.05, 4.69) is 5.32 Å². The maximum atomic E-state index is 12.4. The number of Topliss-reactive ketones (excluding diaryl/α,β-unsaturated/α-hetero) is 1. The molecule has 2 aromatic carbocycles. The van der Waals surface area contributed by atoms with Crippen molar-refractivity contribution in [2.45, 2.75) is 20.8 Å². The number of benzene rings is 2. The van der Waals surface area contributed by atoms with Crippen LogP contribution in [-0.4, -0.2) is 32.9 Å². The molecule has 2 rings (SSSR count). The molecule has 0 heterocycles. The quantitative estimate of drug-likeness (QED) is 0.788. The van der Waals surface area contributed by atoms with Crippen LogP contribution in [0.1, 0.15) is 28.4 Å². The Morgan fingerprint density at radius 3 is 2.35 bits per heavy atom. The molecular formula is C19H22N2O4S. The minimum absolute atomic E-state index is 0.116. The first-order valence-electron chi connectivity index (χ1n) is 8.04. The number of ketones is 1. The number of carbonyl (C=O) groups excluding carboxylic acids is 2. The fraction of sp³-hybridized carbons (Fsp3) is 0.263. The van der Waals surface area contributed by atoms with Crippen molar-refractivity contribution in [3.05, 3.63) is 59.2 Å². The molecule has 7 heteroatoms. The van der Waals surface area contributed by atoms with Gasteiger partial charge in [0.2, 0.25) is 15.9 Å². The van der Waals surface area contributed by atoms with E-state index < -0.39 is 15.9 Å². The van der Waals surface area contributed by atoms with Crippen molar-refractivity contribution in [2.24, 2.45) is 0 Å². The van der Waals surface area contributed by atoms with E-state index in [1.54, 1.807) is 36.4 Å². The van der Waals surface area contributed by atoms with E-state index in [0.717, 1.165) is 21.7 Å². The molecule has 0 radical (unpaired) electrons. The van der Waals surface area contributed by atoms with Crippen molar-refractivity contribution >= 4 is 33.1 Å². The molecule has 0 spiro atoms. The number of anilines is 2. The van der Waals surface area contributed by atoms with Crippen molar-refractivity contribution in [1.82, 2.24) is 0 Å². The van der Waals surface area contributed by atoms with Gasteiger partial charge in [0, 0.05) is 11.3 Å². The van der Waals surface area contributed by atoms with Crippen LogP contribution in [0.4, 0.5) is 11.4 Å². The Kier molecular flexibility index (Phi) is 5.82. The summed E-state index contributed by atoms with van der Waals surface area (Å²) < 4.78 is 25.5. The molecule has 0 aliphatic carbocycles. The van der Waals surface area contributed by atoms with Crippen LogP contribution in [-0.2, 0) is 14.8 Å². The van der Waals surface area contributed by atoms with Crippen molar-refractivity contribution < 1.29 is 18.0 Å². The monoisotopic (exact) mass is 374 g/mol. The summed E-state index contributed by atoms with van der Waals surface area (Å²) in [4.78, 5) is 23.9. The summed E-state index contributed by atoms with van der Waals surface area (Å²) in [5, 5.41) is 2.65. The van der Waals surface area contributed by atoms with Gasteiger partial charge in [0.25, 0.3) is 0 Å². The van der Waals surface area contributed by atoms with Gasteiger partial charge in [0.15, 0.2) is 5.78 Å². The number of rotatable bonds is 6. The topological polar surface area (TPSA) is 83.6 Å². The Balaban J connectivity index is 2.27. The minimum atomic E-state index is -3.65. The Morgan fingerprint density at radius 1 is 1.08 bits per heavy atom. The van der Waals surface area contributed by atoms with Gasteiger partial charge >= 0.3 is 0 Å². The lowest BCUT2D eigenvalue weighted by Gasteiger charge is -2.24. The second-order valence-electron chi connectivity index (χ2n) is 6.17. The standard InChI is InChI=1S/C19H22N2O4S/c1-13-7-5-10-18(14(13)2)21(26(4,24)25)12-19(23)20-17-9-6-8-16(11-17)15(3)22/h5-11H,12H2,1-4H3,(H,20,23). The summed E-state index contributed by atoms with van der Waals surface area (Å²) in [5.41, 5.74) is 3.12. The average Bonchev–Trinajstić information content (AvgIpc) is 2.55. The highest BCUT2D eigenvalue weighted by atomic mass is 32.2. The Morgan fingerprint density at radius 2 is 1.73 bits per heavy atom. The summed E-state index contributed by atoms with van der Waals surface area (Å²) in [6.45, 7) is 4.78. The van der Waals surface area contributed by atoms with Crippen LogP contribution in [0.15, 0.2) is 42.5 Å². The number of nitrogens with zero attached hydrogens (tertiary/aromatic N) is 1. The second kappa shape index (κ2) is 7.70. The molecule has 0 atom stereocenters. The van der Waals surface area contributed by atoms with Gasteiger partial charge in [-0.1, -0.05) is 24.3 Å². The van der Waals surface area contributed by atoms with Crippen molar-refractivity contribution in [1.29, 1.82) is 0 Å². The SMILES string of the molecule is CC(=O)c1cccc(NC(=O)CN(c2cccc(C)c2C)S(C)(=O)=O)c1. The van der Waals surface area contributed by atoms with Crippen LogP contribution in [0.25, 0.3) is 0 Å².